The Morgan fingerprint density at radius 1 is 0.938 bits per heavy atom. The second-order valence-corrected chi connectivity index (χ2v) is 3.92. The standard InChI is InChI=1S/C6H14O3.C5H12O2/c1-3-5(7)4-6(8)9-2;1-4(6)3-5(2)7/h5-8H,3-4H2,1-2H3;4-7H,3H2,1-2H3. The minimum Gasteiger partial charge on any atom is -0.393 e. The summed E-state index contributed by atoms with van der Waals surface area (Å²) in [6.45, 7) is 5.17. The average Bonchev–Trinajstić information content (AvgIpc) is 2.16. The van der Waals surface area contributed by atoms with Gasteiger partial charge in [0.25, 0.3) is 0 Å². The highest BCUT2D eigenvalue weighted by atomic mass is 16.6. The van der Waals surface area contributed by atoms with Crippen LogP contribution >= 0.6 is 0 Å². The number of hydrogen-bond donors (Lipinski definition) is 4. The lowest BCUT2D eigenvalue weighted by Crippen LogP contribution is -2.18. The summed E-state index contributed by atoms with van der Waals surface area (Å²) in [7, 11) is 1.41. The van der Waals surface area contributed by atoms with Gasteiger partial charge in [-0.15, -0.1) is 0 Å². The molecule has 4 atom stereocenters. The fourth-order valence-electron chi connectivity index (χ4n) is 0.989. The topological polar surface area (TPSA) is 90.2 Å². The maximum Gasteiger partial charge on any atom is 0.156 e. The first-order valence-electron chi connectivity index (χ1n) is 5.58. The molecule has 16 heavy (non-hydrogen) atoms. The number of methoxy groups -OCH3 is 1. The molecule has 0 fully saturated rings. The van der Waals surface area contributed by atoms with Crippen molar-refractivity contribution in [1.29, 1.82) is 0 Å². The maximum atomic E-state index is 8.92. The van der Waals surface area contributed by atoms with E-state index in [-0.39, 0.29) is 12.2 Å². The van der Waals surface area contributed by atoms with Crippen LogP contribution in [0.5, 0.6) is 0 Å². The predicted octanol–water partition coefficient (Wildman–Crippen LogP) is 0.250. The van der Waals surface area contributed by atoms with Gasteiger partial charge in [-0.2, -0.15) is 0 Å². The molecule has 0 aliphatic rings. The van der Waals surface area contributed by atoms with E-state index in [1.165, 1.54) is 7.11 Å². The summed E-state index contributed by atoms with van der Waals surface area (Å²) in [6.07, 6.45) is -0.590. The smallest absolute Gasteiger partial charge is 0.156 e. The molecule has 0 aliphatic heterocycles. The number of aliphatic hydroxyl groups excluding tert-OH is 4. The highest BCUT2D eigenvalue weighted by Crippen LogP contribution is 2.01. The summed E-state index contributed by atoms with van der Waals surface area (Å²) >= 11 is 0. The van der Waals surface area contributed by atoms with Gasteiger partial charge in [0.2, 0.25) is 0 Å². The molecule has 0 saturated heterocycles. The Bertz CT molecular complexity index is 124. The SMILES string of the molecule is CC(O)CC(C)O.CCC(O)CC(O)OC. The van der Waals surface area contributed by atoms with E-state index in [4.69, 9.17) is 20.4 Å². The largest absolute Gasteiger partial charge is 0.393 e. The second kappa shape index (κ2) is 11.3. The van der Waals surface area contributed by atoms with E-state index >= 15 is 0 Å². The zero-order valence-electron chi connectivity index (χ0n) is 10.6. The Hall–Kier alpha value is -0.200. The Morgan fingerprint density at radius 2 is 1.38 bits per heavy atom. The molecular weight excluding hydrogens is 212 g/mol. The molecule has 100 valence electrons. The summed E-state index contributed by atoms with van der Waals surface area (Å²) in [5.74, 6) is 0. The van der Waals surface area contributed by atoms with Crippen LogP contribution in [-0.2, 0) is 4.74 Å². The number of ether oxygens (including phenoxy) is 1. The molecule has 0 spiro atoms. The van der Waals surface area contributed by atoms with Crippen molar-refractivity contribution in [2.24, 2.45) is 0 Å². The van der Waals surface area contributed by atoms with E-state index in [1.807, 2.05) is 6.92 Å². The van der Waals surface area contributed by atoms with Crippen LogP contribution in [0.15, 0.2) is 0 Å². The van der Waals surface area contributed by atoms with E-state index in [0.29, 0.717) is 19.3 Å². The van der Waals surface area contributed by atoms with Crippen LogP contribution in [0.1, 0.15) is 40.0 Å². The van der Waals surface area contributed by atoms with E-state index in [9.17, 15) is 0 Å². The van der Waals surface area contributed by atoms with Gasteiger partial charge >= 0.3 is 0 Å². The molecule has 0 aromatic carbocycles. The van der Waals surface area contributed by atoms with Gasteiger partial charge < -0.3 is 25.2 Å². The van der Waals surface area contributed by atoms with Gasteiger partial charge in [-0.05, 0) is 26.7 Å². The van der Waals surface area contributed by atoms with Gasteiger partial charge in [0.05, 0.1) is 18.3 Å². The molecule has 0 aromatic rings. The third-order valence-electron chi connectivity index (χ3n) is 1.90. The Balaban J connectivity index is 0. The summed E-state index contributed by atoms with van der Waals surface area (Å²) in [4.78, 5) is 0. The summed E-state index contributed by atoms with van der Waals surface area (Å²) in [5, 5.41) is 34.8. The van der Waals surface area contributed by atoms with Crippen molar-refractivity contribution in [1.82, 2.24) is 0 Å². The van der Waals surface area contributed by atoms with Crippen LogP contribution in [0.3, 0.4) is 0 Å². The van der Waals surface area contributed by atoms with E-state index in [2.05, 4.69) is 4.74 Å². The van der Waals surface area contributed by atoms with Crippen molar-refractivity contribution < 1.29 is 25.2 Å². The van der Waals surface area contributed by atoms with Crippen molar-refractivity contribution in [3.8, 4) is 0 Å². The summed E-state index contributed by atoms with van der Waals surface area (Å²) < 4.78 is 4.52. The Kier molecular flexibility index (Phi) is 12.8. The highest BCUT2D eigenvalue weighted by molar-refractivity contribution is 4.53. The van der Waals surface area contributed by atoms with E-state index in [1.54, 1.807) is 13.8 Å². The average molecular weight is 238 g/mol. The van der Waals surface area contributed by atoms with Gasteiger partial charge in [0.15, 0.2) is 6.29 Å². The van der Waals surface area contributed by atoms with Crippen LogP contribution in [0.25, 0.3) is 0 Å². The normalized spacial score (nSPS) is 18.0. The highest BCUT2D eigenvalue weighted by Gasteiger charge is 2.07. The molecule has 5 nitrogen and oxygen atoms in total. The monoisotopic (exact) mass is 238 g/mol. The fourth-order valence-corrected chi connectivity index (χ4v) is 0.989. The lowest BCUT2D eigenvalue weighted by molar-refractivity contribution is -0.0978. The molecule has 0 rings (SSSR count). The molecule has 0 amide bonds. The molecule has 0 saturated carbocycles. The first-order chi connectivity index (χ1) is 7.33. The zero-order chi connectivity index (χ0) is 13.1. The Labute approximate surface area is 97.7 Å². The molecule has 0 heterocycles. The van der Waals surface area contributed by atoms with E-state index in [0.717, 1.165) is 0 Å². The van der Waals surface area contributed by atoms with Gasteiger partial charge in [0, 0.05) is 13.5 Å². The quantitative estimate of drug-likeness (QED) is 0.498. The van der Waals surface area contributed by atoms with Crippen molar-refractivity contribution in [3.63, 3.8) is 0 Å². The van der Waals surface area contributed by atoms with Crippen LogP contribution in [0.2, 0.25) is 0 Å². The lowest BCUT2D eigenvalue weighted by Gasteiger charge is -2.11. The maximum absolute atomic E-state index is 8.92. The third-order valence-corrected chi connectivity index (χ3v) is 1.90. The zero-order valence-corrected chi connectivity index (χ0v) is 10.6. The van der Waals surface area contributed by atoms with Crippen molar-refractivity contribution >= 4 is 0 Å². The van der Waals surface area contributed by atoms with E-state index < -0.39 is 12.4 Å². The molecule has 5 heteroatoms. The predicted molar refractivity (Wildman–Crippen MR) is 61.9 cm³/mol. The van der Waals surface area contributed by atoms with Crippen molar-refractivity contribution in [3.05, 3.63) is 0 Å². The van der Waals surface area contributed by atoms with Gasteiger partial charge in [-0.25, -0.2) is 0 Å². The summed E-state index contributed by atoms with van der Waals surface area (Å²) in [5.41, 5.74) is 0. The van der Waals surface area contributed by atoms with Gasteiger partial charge in [-0.1, -0.05) is 6.92 Å². The van der Waals surface area contributed by atoms with Crippen molar-refractivity contribution in [2.45, 2.75) is 64.6 Å². The molecule has 0 aliphatic carbocycles. The number of aliphatic hydroxyl groups is 4. The van der Waals surface area contributed by atoms with Crippen LogP contribution < -0.4 is 0 Å². The summed E-state index contributed by atoms with van der Waals surface area (Å²) in [6, 6.07) is 0. The minimum absolute atomic E-state index is 0.299. The fraction of sp³-hybridized carbons (Fsp3) is 1.00. The Morgan fingerprint density at radius 3 is 1.56 bits per heavy atom. The first kappa shape index (κ1) is 18.2. The molecular formula is C11H26O5. The lowest BCUT2D eigenvalue weighted by atomic mass is 10.2. The minimum atomic E-state index is -0.819. The van der Waals surface area contributed by atoms with Gasteiger partial charge in [0.1, 0.15) is 0 Å². The molecule has 0 aromatic heterocycles. The number of rotatable bonds is 6. The van der Waals surface area contributed by atoms with Crippen LogP contribution in [-0.4, -0.2) is 52.1 Å². The molecule has 4 unspecified atom stereocenters. The second-order valence-electron chi connectivity index (χ2n) is 3.92. The van der Waals surface area contributed by atoms with Crippen LogP contribution in [0.4, 0.5) is 0 Å². The molecule has 0 bridgehead atoms. The molecule has 4 N–H and O–H groups in total. The number of hydrogen-bond acceptors (Lipinski definition) is 5. The van der Waals surface area contributed by atoms with Gasteiger partial charge in [-0.3, -0.25) is 0 Å². The van der Waals surface area contributed by atoms with Crippen molar-refractivity contribution in [2.75, 3.05) is 7.11 Å². The third kappa shape index (κ3) is 16.2. The molecule has 0 radical (unpaired) electrons. The first-order valence-corrected chi connectivity index (χ1v) is 5.58. The van der Waals surface area contributed by atoms with Crippen LogP contribution in [0, 0.1) is 0 Å².